The van der Waals surface area contributed by atoms with Gasteiger partial charge in [0.05, 0.1) is 6.26 Å². The number of Topliss-reactive ketones (excluding diaryl/α,β-unsaturated/α-hetero) is 1. The molecule has 4 N–H and O–H groups in total. The zero-order valence-electron chi connectivity index (χ0n) is 31.3. The molecule has 0 radical (unpaired) electrons. The van der Waals surface area contributed by atoms with Crippen molar-refractivity contribution in [2.75, 3.05) is 40.8 Å². The first-order valence-corrected chi connectivity index (χ1v) is 16.6. The van der Waals surface area contributed by atoms with E-state index in [1.54, 1.807) is 33.8 Å². The highest BCUT2D eigenvalue weighted by Crippen LogP contribution is 2.15. The maximum atomic E-state index is 10.3. The molecular weight excluding hydrogens is 562 g/mol. The van der Waals surface area contributed by atoms with Gasteiger partial charge < -0.3 is 25.5 Å². The predicted octanol–water partition coefficient (Wildman–Crippen LogP) is 7.49. The van der Waals surface area contributed by atoms with Gasteiger partial charge in [-0.15, -0.1) is 12.3 Å². The van der Waals surface area contributed by atoms with Gasteiger partial charge in [-0.2, -0.15) is 5.10 Å². The van der Waals surface area contributed by atoms with E-state index in [4.69, 9.17) is 15.6 Å². The molecule has 0 spiro atoms. The van der Waals surface area contributed by atoms with Crippen LogP contribution in [0.3, 0.4) is 0 Å². The van der Waals surface area contributed by atoms with Gasteiger partial charge in [0, 0.05) is 50.8 Å². The van der Waals surface area contributed by atoms with Crippen LogP contribution in [0.1, 0.15) is 108 Å². The van der Waals surface area contributed by atoms with E-state index in [0.717, 1.165) is 19.5 Å². The Hall–Kier alpha value is -2.86. The van der Waals surface area contributed by atoms with Crippen LogP contribution < -0.4 is 11.1 Å². The van der Waals surface area contributed by atoms with Gasteiger partial charge >= 0.3 is 0 Å². The summed E-state index contributed by atoms with van der Waals surface area (Å²) in [4.78, 5) is 12.3. The second kappa shape index (κ2) is 35.6. The van der Waals surface area contributed by atoms with Gasteiger partial charge in [0.15, 0.2) is 5.88 Å². The lowest BCUT2D eigenvalue weighted by Gasteiger charge is -2.21. The van der Waals surface area contributed by atoms with Gasteiger partial charge in [-0.05, 0) is 78.6 Å². The monoisotopic (exact) mass is 634 g/mol. The molecule has 0 aliphatic rings. The minimum Gasteiger partial charge on any atom is -0.450 e. The number of terminal acetylenes is 1. The molecule has 0 aliphatic heterocycles. The van der Waals surface area contributed by atoms with Crippen LogP contribution in [0.15, 0.2) is 52.7 Å². The largest absolute Gasteiger partial charge is 0.450 e. The predicted molar refractivity (Wildman–Crippen MR) is 198 cm³/mol. The minimum atomic E-state index is -0.809. The lowest BCUT2D eigenvalue weighted by molar-refractivity contribution is -0.117. The van der Waals surface area contributed by atoms with Crippen molar-refractivity contribution in [1.82, 2.24) is 15.2 Å². The first-order chi connectivity index (χ1) is 21.3. The molecule has 8 nitrogen and oxygen atoms in total. The number of carbonyl (C=O) groups is 1. The van der Waals surface area contributed by atoms with E-state index in [1.807, 2.05) is 39.1 Å². The number of hydrogen-bond donors (Lipinski definition) is 3. The van der Waals surface area contributed by atoms with Crippen LogP contribution in [-0.2, 0) is 9.53 Å². The molecule has 45 heavy (non-hydrogen) atoms. The minimum absolute atomic E-state index is 0.171. The van der Waals surface area contributed by atoms with E-state index < -0.39 is 6.23 Å². The van der Waals surface area contributed by atoms with Crippen molar-refractivity contribution in [3.05, 3.63) is 47.6 Å². The van der Waals surface area contributed by atoms with Crippen LogP contribution >= 0.6 is 0 Å². The fourth-order valence-electron chi connectivity index (χ4n) is 3.65. The number of rotatable bonds is 20. The van der Waals surface area contributed by atoms with Crippen LogP contribution in [0, 0.1) is 24.2 Å². The summed E-state index contributed by atoms with van der Waals surface area (Å²) in [7, 11) is 5.98. The van der Waals surface area contributed by atoms with Crippen molar-refractivity contribution in [2.45, 2.75) is 114 Å². The number of carbonyl (C=O) groups excluding carboxylic acids is 1. The summed E-state index contributed by atoms with van der Waals surface area (Å²) < 4.78 is 5.23. The summed E-state index contributed by atoms with van der Waals surface area (Å²) in [5, 5.41) is 20.1. The third-order valence-electron chi connectivity index (χ3n) is 6.13. The second-order valence-electron chi connectivity index (χ2n) is 10.9. The quantitative estimate of drug-likeness (QED) is 0.0319. The van der Waals surface area contributed by atoms with E-state index in [2.05, 4.69) is 75.6 Å². The summed E-state index contributed by atoms with van der Waals surface area (Å²) in [5.41, 5.74) is 7.42. The van der Waals surface area contributed by atoms with Gasteiger partial charge in [-0.1, -0.05) is 72.6 Å². The number of aliphatic hydroxyl groups excluding tert-OH is 1. The Labute approximate surface area is 278 Å². The second-order valence-corrected chi connectivity index (χ2v) is 10.9. The van der Waals surface area contributed by atoms with Crippen molar-refractivity contribution in [3.63, 3.8) is 0 Å². The first kappa shape index (κ1) is 49.0. The van der Waals surface area contributed by atoms with Crippen molar-refractivity contribution in [1.29, 1.82) is 0 Å². The third-order valence-corrected chi connectivity index (χ3v) is 6.13. The maximum Gasteiger partial charge on any atom is 0.185 e. The van der Waals surface area contributed by atoms with Crippen molar-refractivity contribution >= 4 is 12.0 Å². The maximum absolute atomic E-state index is 10.3. The number of allylic oxidation sites excluding steroid dienone is 4. The number of hydrazone groups is 1. The standard InChI is InChI=1S/C26H48N4O2.C6H13NO.C3H4.C2H6/c1-8-12-15-24(16-17-28-26(31)22(6)20-32-25(27)11-4)21(5)18-29-30(7)19-23(13-9-2)14-10-3;1-6(8)4-5-7(2)3;1-3-2;1-2/h11-12,15-16,18,20-21,23,26,28,31H,8-10,13-14,17,19,27H2,1-7H3;4-5H2,1-3H3;1H,2H3;1-2H3/b15-12-,22-20+,24-16+,25-11+,29-18-;;;. The highest BCUT2D eigenvalue weighted by Gasteiger charge is 2.10. The fourth-order valence-corrected chi connectivity index (χ4v) is 3.65. The molecule has 0 aromatic carbocycles. The molecule has 2 atom stereocenters. The number of ether oxygens (including phenoxy) is 1. The van der Waals surface area contributed by atoms with Crippen molar-refractivity contribution in [2.24, 2.45) is 22.7 Å². The Morgan fingerprint density at radius 2 is 1.69 bits per heavy atom. The summed E-state index contributed by atoms with van der Waals surface area (Å²) in [5.74, 6) is 3.69. The van der Waals surface area contributed by atoms with Crippen LogP contribution in [0.4, 0.5) is 0 Å². The zero-order valence-corrected chi connectivity index (χ0v) is 31.3. The van der Waals surface area contributed by atoms with E-state index in [1.165, 1.54) is 37.5 Å². The van der Waals surface area contributed by atoms with E-state index in [9.17, 15) is 9.90 Å². The number of nitrogens with zero attached hydrogens (tertiary/aromatic N) is 3. The number of nitrogens with two attached hydrogens (primary N) is 1. The molecule has 0 fully saturated rings. The number of hydrogen-bond acceptors (Lipinski definition) is 8. The SMILES string of the molecule is C#CC.C/C=C(\N)O/C=C(\C)C(O)NC/C=C(\C=C/CC)C(C)/C=N\N(C)CC(CCC)CCC.CC.CC(=O)CCN(C)C. The van der Waals surface area contributed by atoms with Gasteiger partial charge in [0.25, 0.3) is 0 Å². The molecule has 0 saturated heterocycles. The number of nitrogens with one attached hydrogen (secondary N) is 1. The summed E-state index contributed by atoms with van der Waals surface area (Å²) in [6, 6.07) is 0. The van der Waals surface area contributed by atoms with Gasteiger partial charge in [0.2, 0.25) is 0 Å². The number of ketones is 1. The molecule has 0 heterocycles. The summed E-state index contributed by atoms with van der Waals surface area (Å²) in [6.45, 7) is 22.0. The molecular formula is C37H71N5O3. The smallest absolute Gasteiger partial charge is 0.185 e. The average Bonchev–Trinajstić information content (AvgIpc) is 3.00. The van der Waals surface area contributed by atoms with Crippen molar-refractivity contribution in [3.8, 4) is 12.3 Å². The molecule has 0 rings (SSSR count). The Balaban J connectivity index is -0.000000542. The molecule has 0 aromatic heterocycles. The van der Waals surface area contributed by atoms with E-state index in [-0.39, 0.29) is 11.7 Å². The lowest BCUT2D eigenvalue weighted by Crippen LogP contribution is -2.30. The Bertz CT molecular complexity index is 879. The molecule has 262 valence electrons. The molecule has 2 unspecified atom stereocenters. The highest BCUT2D eigenvalue weighted by atomic mass is 16.5. The van der Waals surface area contributed by atoms with E-state index >= 15 is 0 Å². The van der Waals surface area contributed by atoms with Crippen LogP contribution in [0.5, 0.6) is 0 Å². The van der Waals surface area contributed by atoms with Crippen LogP contribution in [0.25, 0.3) is 0 Å². The van der Waals surface area contributed by atoms with Gasteiger partial charge in [-0.25, -0.2) is 0 Å². The van der Waals surface area contributed by atoms with Gasteiger partial charge in [0.1, 0.15) is 12.0 Å². The molecule has 0 aliphatic carbocycles. The Morgan fingerprint density at radius 3 is 2.11 bits per heavy atom. The van der Waals surface area contributed by atoms with Crippen LogP contribution in [-0.4, -0.2) is 74.0 Å². The first-order valence-electron chi connectivity index (χ1n) is 16.6. The zero-order chi connectivity index (χ0) is 35.6. The van der Waals surface area contributed by atoms with E-state index in [0.29, 0.717) is 30.3 Å². The van der Waals surface area contributed by atoms with Crippen molar-refractivity contribution < 1.29 is 14.6 Å². The summed E-state index contributed by atoms with van der Waals surface area (Å²) in [6.07, 6.45) is 21.9. The molecule has 0 bridgehead atoms. The third kappa shape index (κ3) is 35.5. The molecule has 0 saturated carbocycles. The van der Waals surface area contributed by atoms with Gasteiger partial charge in [-0.3, -0.25) is 10.1 Å². The highest BCUT2D eigenvalue weighted by molar-refractivity contribution is 5.75. The van der Waals surface area contributed by atoms with Crippen LogP contribution in [0.2, 0.25) is 0 Å². The normalized spacial score (nSPS) is 13.3. The Morgan fingerprint density at radius 1 is 1.13 bits per heavy atom. The topological polar surface area (TPSA) is 103 Å². The Kier molecular flexibility index (Phi) is 38.8. The average molecular weight is 634 g/mol. The number of aliphatic hydroxyl groups is 1. The molecule has 8 heteroatoms. The lowest BCUT2D eigenvalue weighted by atomic mass is 9.98. The molecule has 0 aromatic rings. The molecule has 0 amide bonds. The summed E-state index contributed by atoms with van der Waals surface area (Å²) >= 11 is 0. The fraction of sp³-hybridized carbons (Fsp3) is 0.676.